The van der Waals surface area contributed by atoms with Gasteiger partial charge in [0.25, 0.3) is 0 Å². The summed E-state index contributed by atoms with van der Waals surface area (Å²) in [5, 5.41) is 12.6. The fraction of sp³-hybridized carbons (Fsp3) is 0.500. The molecule has 2 saturated heterocycles. The Morgan fingerprint density at radius 1 is 1.17 bits per heavy atom. The number of hydrogen-bond donors (Lipinski definition) is 2. The lowest BCUT2D eigenvalue weighted by atomic mass is 10.1. The first-order valence-corrected chi connectivity index (χ1v) is 16.5. The van der Waals surface area contributed by atoms with Crippen molar-refractivity contribution in [2.24, 2.45) is 0 Å². The van der Waals surface area contributed by atoms with Gasteiger partial charge in [0.05, 0.1) is 29.5 Å². The molecule has 1 aliphatic carbocycles. The minimum absolute atomic E-state index is 0.0000978. The van der Waals surface area contributed by atoms with Crippen LogP contribution in [-0.4, -0.2) is 79.1 Å². The lowest BCUT2D eigenvalue weighted by Gasteiger charge is -2.35. The Labute approximate surface area is 245 Å². The van der Waals surface area contributed by atoms with E-state index < -0.39 is 21.6 Å². The lowest BCUT2D eigenvalue weighted by Crippen LogP contribution is -2.47. The van der Waals surface area contributed by atoms with Crippen LogP contribution < -0.4 is 15.0 Å². The van der Waals surface area contributed by atoms with Crippen molar-refractivity contribution in [3.05, 3.63) is 41.6 Å². The van der Waals surface area contributed by atoms with Crippen molar-refractivity contribution >= 4 is 38.5 Å². The van der Waals surface area contributed by atoms with Gasteiger partial charge in [-0.25, -0.2) is 18.4 Å². The van der Waals surface area contributed by atoms with Crippen molar-refractivity contribution in [1.82, 2.24) is 14.9 Å². The van der Waals surface area contributed by atoms with Crippen LogP contribution in [-0.2, 0) is 16.0 Å². The van der Waals surface area contributed by atoms with Gasteiger partial charge >= 0.3 is 6.18 Å². The fourth-order valence-electron chi connectivity index (χ4n) is 6.32. The van der Waals surface area contributed by atoms with Gasteiger partial charge in [-0.15, -0.1) is 0 Å². The summed E-state index contributed by atoms with van der Waals surface area (Å²) < 4.78 is 73.0. The van der Waals surface area contributed by atoms with Crippen LogP contribution in [0.2, 0.25) is 0 Å². The molecule has 4 aliphatic rings. The third-order valence-corrected chi connectivity index (χ3v) is 11.5. The van der Waals surface area contributed by atoms with Gasteiger partial charge in [0.1, 0.15) is 10.5 Å². The first kappa shape index (κ1) is 27.9. The molecule has 0 unspecified atom stereocenters. The van der Waals surface area contributed by atoms with Crippen LogP contribution in [0.25, 0.3) is 10.6 Å². The molecular formula is C28H30F3N5O4S2. The van der Waals surface area contributed by atoms with Gasteiger partial charge in [-0.1, -0.05) is 11.3 Å². The van der Waals surface area contributed by atoms with E-state index >= 15 is 0 Å². The average molecular weight is 622 g/mol. The van der Waals surface area contributed by atoms with Crippen molar-refractivity contribution in [3.8, 4) is 15.6 Å². The number of aromatic nitrogens is 2. The summed E-state index contributed by atoms with van der Waals surface area (Å²) in [6.45, 7) is 2.85. The smallest absolute Gasteiger partial charge is 0.420 e. The van der Waals surface area contributed by atoms with Crippen LogP contribution in [0.4, 0.5) is 30.5 Å². The van der Waals surface area contributed by atoms with E-state index in [1.54, 1.807) is 0 Å². The molecule has 0 amide bonds. The molecule has 2 atom stereocenters. The van der Waals surface area contributed by atoms with Crippen molar-refractivity contribution in [2.75, 3.05) is 48.8 Å². The largest absolute Gasteiger partial charge is 0.483 e. The number of aliphatic hydroxyl groups is 1. The van der Waals surface area contributed by atoms with Crippen LogP contribution >= 0.6 is 11.3 Å². The Kier molecular flexibility index (Phi) is 6.87. The van der Waals surface area contributed by atoms with E-state index in [1.807, 2.05) is 12.1 Å². The van der Waals surface area contributed by atoms with Crippen molar-refractivity contribution in [1.29, 1.82) is 0 Å². The third-order valence-electron chi connectivity index (χ3n) is 8.49. The number of ether oxygens (including phenoxy) is 1. The molecule has 0 spiro atoms. The average Bonchev–Trinajstić information content (AvgIpc) is 3.43. The third kappa shape index (κ3) is 5.12. The molecule has 1 saturated carbocycles. The van der Waals surface area contributed by atoms with Crippen LogP contribution in [0.15, 0.2) is 35.4 Å². The molecule has 0 radical (unpaired) electrons. The number of rotatable bonds is 7. The number of piperazine rings is 1. The normalized spacial score (nSPS) is 23.5. The van der Waals surface area contributed by atoms with E-state index in [-0.39, 0.29) is 45.4 Å². The Morgan fingerprint density at radius 3 is 2.71 bits per heavy atom. The predicted molar refractivity (Wildman–Crippen MR) is 152 cm³/mol. The predicted octanol–water partition coefficient (Wildman–Crippen LogP) is 4.66. The Hall–Kier alpha value is -2.94. The second-order valence-corrected chi connectivity index (χ2v) is 14.4. The minimum Gasteiger partial charge on any atom is -0.483 e. The van der Waals surface area contributed by atoms with E-state index in [0.717, 1.165) is 66.8 Å². The number of anilines is 3. The number of aliphatic hydroxyl groups excluding tert-OH is 1. The summed E-state index contributed by atoms with van der Waals surface area (Å²) >= 11 is 0.850. The quantitative estimate of drug-likeness (QED) is 0.390. The molecule has 5 heterocycles. The number of β-amino-alcohol motifs (C(OH)–C–C–N with tert-alkyl or cyclic N) is 1. The van der Waals surface area contributed by atoms with Gasteiger partial charge in [-0.05, 0) is 61.4 Å². The second-order valence-electron chi connectivity index (χ2n) is 11.3. The Bertz CT molecular complexity index is 1630. The van der Waals surface area contributed by atoms with Gasteiger partial charge in [-0.3, -0.25) is 4.90 Å². The van der Waals surface area contributed by atoms with E-state index in [2.05, 4.69) is 31.2 Å². The lowest BCUT2D eigenvalue weighted by molar-refractivity contribution is -0.137. The summed E-state index contributed by atoms with van der Waals surface area (Å²) in [7, 11) is -3.67. The van der Waals surface area contributed by atoms with Gasteiger partial charge in [-0.2, -0.15) is 13.2 Å². The maximum Gasteiger partial charge on any atom is 0.420 e. The van der Waals surface area contributed by atoms with Gasteiger partial charge < -0.3 is 20.1 Å². The summed E-state index contributed by atoms with van der Waals surface area (Å²) in [5.41, 5.74) is 1.51. The number of benzene rings is 1. The van der Waals surface area contributed by atoms with E-state index in [4.69, 9.17) is 4.74 Å². The number of sulfone groups is 1. The number of likely N-dealkylation sites (tertiary alicyclic amines) is 1. The monoisotopic (exact) mass is 621 g/mol. The van der Waals surface area contributed by atoms with Gasteiger partial charge in [0, 0.05) is 49.3 Å². The highest BCUT2D eigenvalue weighted by atomic mass is 32.2. The summed E-state index contributed by atoms with van der Waals surface area (Å²) in [6.07, 6.45) is -0.546. The topological polar surface area (TPSA) is 108 Å². The van der Waals surface area contributed by atoms with Crippen LogP contribution in [0.1, 0.15) is 42.7 Å². The maximum absolute atomic E-state index is 14.0. The van der Waals surface area contributed by atoms with Crippen molar-refractivity contribution in [2.45, 2.75) is 54.8 Å². The SMILES string of the molecule is O=S1(=O)CCCOc2sc(-c3nc(Nc4ccc(N5C[C@H]6C[C@@H]5CN6CCO)cc4C4CC4)ncc3C(F)(F)F)cc21. The van der Waals surface area contributed by atoms with Gasteiger partial charge in [0.2, 0.25) is 5.95 Å². The zero-order valence-corrected chi connectivity index (χ0v) is 24.2. The first-order chi connectivity index (χ1) is 20.1. The molecular weight excluding hydrogens is 591 g/mol. The summed E-state index contributed by atoms with van der Waals surface area (Å²) in [6, 6.07) is 8.18. The van der Waals surface area contributed by atoms with Crippen LogP contribution in [0.3, 0.4) is 0 Å². The number of fused-ring (bicyclic) bond motifs is 3. The molecule has 224 valence electrons. The van der Waals surface area contributed by atoms with Crippen molar-refractivity contribution < 1.29 is 31.4 Å². The summed E-state index contributed by atoms with van der Waals surface area (Å²) in [5.74, 6) is 0.223. The zero-order chi connectivity index (χ0) is 29.2. The zero-order valence-electron chi connectivity index (χ0n) is 22.6. The highest BCUT2D eigenvalue weighted by Gasteiger charge is 2.43. The maximum atomic E-state index is 14.0. The highest BCUT2D eigenvalue weighted by Crippen LogP contribution is 2.48. The van der Waals surface area contributed by atoms with E-state index in [9.17, 15) is 26.7 Å². The minimum atomic E-state index is -4.74. The molecule has 2 N–H and O–H groups in total. The first-order valence-electron chi connectivity index (χ1n) is 14.1. The standard InChI is InChI=1S/C28H30F3N5O4S2/c29-28(30,31)21-13-32-27(34-25(21)23-12-24-26(41-23)40-8-1-9-42(24,38)39)33-22-5-4-17(11-20(22)16-2-3-16)36-15-18-10-19(36)14-35(18)6-7-37/h4-5,11-13,16,18-19,37H,1-3,6-10,14-15H2,(H,32,33,34)/t18-,19-/m1/s1. The Morgan fingerprint density at radius 2 is 2.00 bits per heavy atom. The fourth-order valence-corrected chi connectivity index (χ4v) is 9.15. The molecule has 3 fully saturated rings. The number of alkyl halides is 3. The molecule has 3 aromatic rings. The molecule has 9 nitrogen and oxygen atoms in total. The van der Waals surface area contributed by atoms with E-state index in [1.165, 1.54) is 6.07 Å². The Balaban J connectivity index is 1.20. The number of nitrogens with zero attached hydrogens (tertiary/aromatic N) is 4. The van der Waals surface area contributed by atoms with Crippen molar-refractivity contribution in [3.63, 3.8) is 0 Å². The van der Waals surface area contributed by atoms with Gasteiger partial charge in [0.15, 0.2) is 14.9 Å². The molecule has 42 heavy (non-hydrogen) atoms. The number of nitrogens with one attached hydrogen (secondary N) is 1. The molecule has 2 aromatic heterocycles. The van der Waals surface area contributed by atoms with E-state index in [0.29, 0.717) is 31.0 Å². The molecule has 2 bridgehead atoms. The molecule has 3 aliphatic heterocycles. The number of hydrogen-bond acceptors (Lipinski definition) is 10. The molecule has 14 heteroatoms. The summed E-state index contributed by atoms with van der Waals surface area (Å²) in [4.78, 5) is 13.0. The second kappa shape index (κ2) is 10.4. The number of thiophene rings is 1. The van der Waals surface area contributed by atoms with Crippen LogP contribution in [0.5, 0.6) is 5.06 Å². The van der Waals surface area contributed by atoms with Crippen LogP contribution in [0, 0.1) is 0 Å². The number of halogens is 3. The molecule has 1 aromatic carbocycles. The highest BCUT2D eigenvalue weighted by molar-refractivity contribution is 7.91. The molecule has 7 rings (SSSR count).